The van der Waals surface area contributed by atoms with Gasteiger partial charge < -0.3 is 15.0 Å². The number of benzene rings is 1. The standard InChI is InChI=1S/C18H26N2O3/c1-4-23-18(22)20-11-9-15(10-12-20)17(21)19-16-7-5-14(6-8-16)13(2)3/h5-8,13,15H,4,9-12H2,1-3H3,(H,19,21). The summed E-state index contributed by atoms with van der Waals surface area (Å²) in [6.45, 7) is 7.61. The minimum Gasteiger partial charge on any atom is -0.450 e. The summed E-state index contributed by atoms with van der Waals surface area (Å²) in [6.07, 6.45) is 1.07. The lowest BCUT2D eigenvalue weighted by molar-refractivity contribution is -0.121. The molecular formula is C18H26N2O3. The number of rotatable bonds is 4. The Hall–Kier alpha value is -2.04. The predicted molar refractivity (Wildman–Crippen MR) is 90.5 cm³/mol. The van der Waals surface area contributed by atoms with Gasteiger partial charge in [-0.05, 0) is 43.4 Å². The van der Waals surface area contributed by atoms with Crippen LogP contribution >= 0.6 is 0 Å². The minimum atomic E-state index is -0.282. The third-order valence-electron chi connectivity index (χ3n) is 4.24. The molecule has 1 N–H and O–H groups in total. The number of hydrogen-bond acceptors (Lipinski definition) is 3. The van der Waals surface area contributed by atoms with Crippen molar-refractivity contribution >= 4 is 17.7 Å². The molecule has 1 aromatic rings. The van der Waals surface area contributed by atoms with E-state index in [0.29, 0.717) is 38.5 Å². The Bertz CT molecular complexity index is 532. The Morgan fingerprint density at radius 3 is 2.35 bits per heavy atom. The highest BCUT2D eigenvalue weighted by atomic mass is 16.6. The lowest BCUT2D eigenvalue weighted by Gasteiger charge is -2.30. The number of carbonyl (C=O) groups is 2. The third-order valence-corrected chi connectivity index (χ3v) is 4.24. The van der Waals surface area contributed by atoms with Gasteiger partial charge in [-0.15, -0.1) is 0 Å². The first-order valence-electron chi connectivity index (χ1n) is 8.33. The van der Waals surface area contributed by atoms with Crippen LogP contribution in [0.2, 0.25) is 0 Å². The van der Waals surface area contributed by atoms with Gasteiger partial charge in [-0.1, -0.05) is 26.0 Å². The molecule has 0 atom stereocenters. The third kappa shape index (κ3) is 4.71. The van der Waals surface area contributed by atoms with Gasteiger partial charge in [0, 0.05) is 24.7 Å². The summed E-state index contributed by atoms with van der Waals surface area (Å²) < 4.78 is 4.99. The van der Waals surface area contributed by atoms with Crippen molar-refractivity contribution in [2.75, 3.05) is 25.0 Å². The van der Waals surface area contributed by atoms with Crippen LogP contribution in [0.1, 0.15) is 45.1 Å². The maximum atomic E-state index is 12.3. The van der Waals surface area contributed by atoms with E-state index in [1.54, 1.807) is 11.8 Å². The topological polar surface area (TPSA) is 58.6 Å². The fourth-order valence-corrected chi connectivity index (χ4v) is 2.73. The van der Waals surface area contributed by atoms with Gasteiger partial charge >= 0.3 is 6.09 Å². The number of carbonyl (C=O) groups excluding carboxylic acids is 2. The molecule has 126 valence electrons. The summed E-state index contributed by atoms with van der Waals surface area (Å²) >= 11 is 0. The van der Waals surface area contributed by atoms with Crippen molar-refractivity contribution in [3.05, 3.63) is 29.8 Å². The summed E-state index contributed by atoms with van der Waals surface area (Å²) in [4.78, 5) is 25.7. The Kier molecular flexibility index (Phi) is 6.02. The normalized spacial score (nSPS) is 15.6. The number of amides is 2. The first-order chi connectivity index (χ1) is 11.0. The molecule has 0 unspecified atom stereocenters. The molecule has 0 saturated carbocycles. The minimum absolute atomic E-state index is 0.0332. The van der Waals surface area contributed by atoms with Gasteiger partial charge in [0.2, 0.25) is 5.91 Å². The molecular weight excluding hydrogens is 292 g/mol. The van der Waals surface area contributed by atoms with Crippen LogP contribution in [-0.2, 0) is 9.53 Å². The summed E-state index contributed by atoms with van der Waals surface area (Å²) in [6, 6.07) is 7.98. The van der Waals surface area contributed by atoms with Crippen molar-refractivity contribution in [3.8, 4) is 0 Å². The second-order valence-corrected chi connectivity index (χ2v) is 6.23. The Balaban J connectivity index is 1.84. The maximum Gasteiger partial charge on any atom is 0.409 e. The number of anilines is 1. The van der Waals surface area contributed by atoms with Crippen LogP contribution in [-0.4, -0.2) is 36.6 Å². The van der Waals surface area contributed by atoms with E-state index < -0.39 is 0 Å². The van der Waals surface area contributed by atoms with Gasteiger partial charge in [0.05, 0.1) is 6.61 Å². The summed E-state index contributed by atoms with van der Waals surface area (Å²) in [7, 11) is 0. The molecule has 1 aliphatic rings. The first-order valence-corrected chi connectivity index (χ1v) is 8.33. The largest absolute Gasteiger partial charge is 0.450 e. The average molecular weight is 318 g/mol. The lowest BCUT2D eigenvalue weighted by Crippen LogP contribution is -2.41. The molecule has 2 amide bonds. The molecule has 0 bridgehead atoms. The van der Waals surface area contributed by atoms with Crippen LogP contribution in [0.25, 0.3) is 0 Å². The van der Waals surface area contributed by atoms with Gasteiger partial charge in [-0.2, -0.15) is 0 Å². The van der Waals surface area contributed by atoms with E-state index >= 15 is 0 Å². The quantitative estimate of drug-likeness (QED) is 0.922. The van der Waals surface area contributed by atoms with Crippen LogP contribution in [0.4, 0.5) is 10.5 Å². The zero-order chi connectivity index (χ0) is 16.8. The van der Waals surface area contributed by atoms with E-state index in [1.165, 1.54) is 5.56 Å². The van der Waals surface area contributed by atoms with Crippen molar-refractivity contribution < 1.29 is 14.3 Å². The molecule has 0 aromatic heterocycles. The molecule has 0 radical (unpaired) electrons. The number of likely N-dealkylation sites (tertiary alicyclic amines) is 1. The molecule has 1 heterocycles. The van der Waals surface area contributed by atoms with Gasteiger partial charge in [-0.25, -0.2) is 4.79 Å². The molecule has 1 fully saturated rings. The monoisotopic (exact) mass is 318 g/mol. The Morgan fingerprint density at radius 1 is 1.22 bits per heavy atom. The van der Waals surface area contributed by atoms with Crippen LogP contribution in [0, 0.1) is 5.92 Å². The summed E-state index contributed by atoms with van der Waals surface area (Å²) in [5, 5.41) is 2.97. The van der Waals surface area contributed by atoms with Crippen LogP contribution in [0.5, 0.6) is 0 Å². The number of nitrogens with zero attached hydrogens (tertiary/aromatic N) is 1. The highest BCUT2D eigenvalue weighted by Gasteiger charge is 2.27. The zero-order valence-corrected chi connectivity index (χ0v) is 14.2. The molecule has 1 aliphatic heterocycles. The number of nitrogens with one attached hydrogen (secondary N) is 1. The molecule has 23 heavy (non-hydrogen) atoms. The van der Waals surface area contributed by atoms with Crippen molar-refractivity contribution in [3.63, 3.8) is 0 Å². The van der Waals surface area contributed by atoms with E-state index in [2.05, 4.69) is 19.2 Å². The fourth-order valence-electron chi connectivity index (χ4n) is 2.73. The Morgan fingerprint density at radius 2 is 1.83 bits per heavy atom. The first kappa shape index (κ1) is 17.3. The number of ether oxygens (including phenoxy) is 1. The molecule has 0 aliphatic carbocycles. The van der Waals surface area contributed by atoms with E-state index in [0.717, 1.165) is 5.69 Å². The molecule has 5 heteroatoms. The predicted octanol–water partition coefficient (Wildman–Crippen LogP) is 3.62. The summed E-state index contributed by atoms with van der Waals surface area (Å²) in [5.41, 5.74) is 2.08. The van der Waals surface area contributed by atoms with Crippen molar-refractivity contribution in [1.29, 1.82) is 0 Å². The average Bonchev–Trinajstić information content (AvgIpc) is 2.55. The second-order valence-electron chi connectivity index (χ2n) is 6.23. The number of hydrogen-bond donors (Lipinski definition) is 1. The van der Waals surface area contributed by atoms with Gasteiger partial charge in [-0.3, -0.25) is 4.79 Å². The van der Waals surface area contributed by atoms with Crippen molar-refractivity contribution in [2.24, 2.45) is 5.92 Å². The van der Waals surface area contributed by atoms with Gasteiger partial charge in [0.15, 0.2) is 0 Å². The van der Waals surface area contributed by atoms with Crippen LogP contribution < -0.4 is 5.32 Å². The highest BCUT2D eigenvalue weighted by Crippen LogP contribution is 2.21. The molecule has 1 aromatic carbocycles. The molecule has 1 saturated heterocycles. The second kappa shape index (κ2) is 7.99. The zero-order valence-electron chi connectivity index (χ0n) is 14.2. The van der Waals surface area contributed by atoms with Crippen LogP contribution in [0.15, 0.2) is 24.3 Å². The van der Waals surface area contributed by atoms with Crippen molar-refractivity contribution in [1.82, 2.24) is 4.90 Å². The lowest BCUT2D eigenvalue weighted by atomic mass is 9.96. The van der Waals surface area contributed by atoms with Gasteiger partial charge in [0.25, 0.3) is 0 Å². The molecule has 0 spiro atoms. The molecule has 2 rings (SSSR count). The maximum absolute atomic E-state index is 12.3. The molecule has 5 nitrogen and oxygen atoms in total. The van der Waals surface area contributed by atoms with E-state index in [-0.39, 0.29) is 17.9 Å². The van der Waals surface area contributed by atoms with Crippen molar-refractivity contribution in [2.45, 2.75) is 39.5 Å². The fraction of sp³-hybridized carbons (Fsp3) is 0.556. The van der Waals surface area contributed by atoms with Gasteiger partial charge in [0.1, 0.15) is 0 Å². The smallest absolute Gasteiger partial charge is 0.409 e. The van der Waals surface area contributed by atoms with E-state index in [1.807, 2.05) is 24.3 Å². The van der Waals surface area contributed by atoms with E-state index in [4.69, 9.17) is 4.74 Å². The van der Waals surface area contributed by atoms with Crippen LogP contribution in [0.3, 0.4) is 0 Å². The number of piperidine rings is 1. The Labute approximate surface area is 138 Å². The summed E-state index contributed by atoms with van der Waals surface area (Å²) in [5.74, 6) is 0.461. The highest BCUT2D eigenvalue weighted by molar-refractivity contribution is 5.92. The van der Waals surface area contributed by atoms with E-state index in [9.17, 15) is 9.59 Å². The SMILES string of the molecule is CCOC(=O)N1CCC(C(=O)Nc2ccc(C(C)C)cc2)CC1.